The van der Waals surface area contributed by atoms with Crippen LogP contribution in [-0.2, 0) is 0 Å². The molecule has 28 heavy (non-hydrogen) atoms. The first-order valence-electron chi connectivity index (χ1n) is 9.46. The molecule has 1 aromatic heterocycles. The number of hydrogen-bond donors (Lipinski definition) is 1. The third-order valence-electron chi connectivity index (χ3n) is 5.33. The summed E-state index contributed by atoms with van der Waals surface area (Å²) in [4.78, 5) is 11.6. The van der Waals surface area contributed by atoms with Crippen molar-refractivity contribution in [3.05, 3.63) is 96.2 Å². The Balaban J connectivity index is 1.90. The van der Waals surface area contributed by atoms with Crippen LogP contribution in [0.5, 0.6) is 0 Å². The van der Waals surface area contributed by atoms with Gasteiger partial charge in [0.1, 0.15) is 0 Å². The SMILES string of the molecule is O=C(O)c1cccc(-n2c(C3=CCCC=C3)cc3ccc4ccccc4c32)c1. The second kappa shape index (κ2) is 6.54. The second-order valence-corrected chi connectivity index (χ2v) is 7.08. The van der Waals surface area contributed by atoms with Gasteiger partial charge >= 0.3 is 5.97 Å². The molecule has 1 N–H and O–H groups in total. The van der Waals surface area contributed by atoms with Crippen LogP contribution < -0.4 is 0 Å². The third-order valence-corrected chi connectivity index (χ3v) is 5.33. The summed E-state index contributed by atoms with van der Waals surface area (Å²) in [5, 5.41) is 13.0. The van der Waals surface area contributed by atoms with Gasteiger partial charge in [0.25, 0.3) is 0 Å². The van der Waals surface area contributed by atoms with Crippen molar-refractivity contribution in [1.82, 2.24) is 4.57 Å². The topological polar surface area (TPSA) is 42.2 Å². The van der Waals surface area contributed by atoms with Gasteiger partial charge in [0.2, 0.25) is 0 Å². The molecule has 0 unspecified atom stereocenters. The predicted molar refractivity (Wildman–Crippen MR) is 114 cm³/mol. The van der Waals surface area contributed by atoms with Crippen molar-refractivity contribution in [1.29, 1.82) is 0 Å². The summed E-state index contributed by atoms with van der Waals surface area (Å²) in [7, 11) is 0. The van der Waals surface area contributed by atoms with E-state index >= 15 is 0 Å². The lowest BCUT2D eigenvalue weighted by Crippen LogP contribution is -2.03. The molecule has 3 heteroatoms. The lowest BCUT2D eigenvalue weighted by atomic mass is 10.0. The predicted octanol–water partition coefficient (Wildman–Crippen LogP) is 6.22. The number of rotatable bonds is 3. The Hall–Kier alpha value is -3.59. The minimum Gasteiger partial charge on any atom is -0.478 e. The summed E-state index contributed by atoms with van der Waals surface area (Å²) in [6.45, 7) is 0. The smallest absolute Gasteiger partial charge is 0.335 e. The molecule has 3 nitrogen and oxygen atoms in total. The van der Waals surface area contributed by atoms with Gasteiger partial charge in [-0.25, -0.2) is 4.79 Å². The van der Waals surface area contributed by atoms with E-state index in [4.69, 9.17) is 0 Å². The summed E-state index contributed by atoms with van der Waals surface area (Å²) >= 11 is 0. The highest BCUT2D eigenvalue weighted by molar-refractivity contribution is 6.08. The average molecular weight is 365 g/mol. The average Bonchev–Trinajstić information content (AvgIpc) is 3.14. The largest absolute Gasteiger partial charge is 0.478 e. The zero-order valence-corrected chi connectivity index (χ0v) is 15.3. The molecule has 0 aliphatic heterocycles. The van der Waals surface area contributed by atoms with Gasteiger partial charge in [0.15, 0.2) is 0 Å². The molecule has 0 radical (unpaired) electrons. The van der Waals surface area contributed by atoms with Crippen LogP contribution in [0.1, 0.15) is 28.9 Å². The van der Waals surface area contributed by atoms with Gasteiger partial charge in [-0.3, -0.25) is 0 Å². The number of carboxylic acid groups (broad SMARTS) is 1. The fourth-order valence-corrected chi connectivity index (χ4v) is 4.03. The van der Waals surface area contributed by atoms with Crippen molar-refractivity contribution in [2.75, 3.05) is 0 Å². The van der Waals surface area contributed by atoms with Gasteiger partial charge in [0, 0.05) is 16.5 Å². The minimum absolute atomic E-state index is 0.290. The lowest BCUT2D eigenvalue weighted by Gasteiger charge is -2.15. The fraction of sp³-hybridized carbons (Fsp3) is 0.0800. The second-order valence-electron chi connectivity index (χ2n) is 7.08. The van der Waals surface area contributed by atoms with Gasteiger partial charge in [0.05, 0.1) is 16.8 Å². The highest BCUT2D eigenvalue weighted by Gasteiger charge is 2.17. The van der Waals surface area contributed by atoms with E-state index < -0.39 is 5.97 Å². The van der Waals surface area contributed by atoms with Crippen LogP contribution in [0.4, 0.5) is 0 Å². The molecule has 0 bridgehead atoms. The number of carbonyl (C=O) groups is 1. The van der Waals surface area contributed by atoms with Crippen LogP contribution in [0, 0.1) is 0 Å². The first kappa shape index (κ1) is 16.6. The molecule has 0 saturated carbocycles. The molecule has 0 amide bonds. The number of carboxylic acids is 1. The Bertz CT molecular complexity index is 1290. The van der Waals surface area contributed by atoms with E-state index in [-0.39, 0.29) is 0 Å². The number of aromatic carboxylic acids is 1. The highest BCUT2D eigenvalue weighted by atomic mass is 16.4. The van der Waals surface area contributed by atoms with E-state index in [0.717, 1.165) is 40.5 Å². The van der Waals surface area contributed by atoms with Gasteiger partial charge in [-0.05, 0) is 48.1 Å². The van der Waals surface area contributed by atoms with Crippen LogP contribution in [0.3, 0.4) is 0 Å². The minimum atomic E-state index is -0.915. The summed E-state index contributed by atoms with van der Waals surface area (Å²) in [6, 6.07) is 22.0. The Morgan fingerprint density at radius 2 is 1.75 bits per heavy atom. The third kappa shape index (κ3) is 2.64. The Kier molecular flexibility index (Phi) is 3.87. The first-order chi connectivity index (χ1) is 13.7. The molecule has 1 aliphatic carbocycles. The van der Waals surface area contributed by atoms with Crippen LogP contribution in [0.25, 0.3) is 32.9 Å². The maximum Gasteiger partial charge on any atom is 0.335 e. The summed E-state index contributed by atoms with van der Waals surface area (Å²) < 4.78 is 2.20. The molecular formula is C25H19NO2. The van der Waals surface area contributed by atoms with Crippen LogP contribution in [0.15, 0.2) is 85.0 Å². The van der Waals surface area contributed by atoms with E-state index in [2.05, 4.69) is 53.1 Å². The number of allylic oxidation sites excluding steroid dienone is 4. The van der Waals surface area contributed by atoms with Gasteiger partial charge in [-0.2, -0.15) is 0 Å². The van der Waals surface area contributed by atoms with Crippen LogP contribution >= 0.6 is 0 Å². The first-order valence-corrected chi connectivity index (χ1v) is 9.46. The monoisotopic (exact) mass is 365 g/mol. The highest BCUT2D eigenvalue weighted by Crippen LogP contribution is 2.35. The van der Waals surface area contributed by atoms with Crippen molar-refractivity contribution in [2.24, 2.45) is 0 Å². The molecule has 0 spiro atoms. The number of hydrogen-bond acceptors (Lipinski definition) is 1. The van der Waals surface area contributed by atoms with Gasteiger partial charge in [-0.15, -0.1) is 0 Å². The summed E-state index contributed by atoms with van der Waals surface area (Å²) in [5.41, 5.74) is 4.52. The summed E-state index contributed by atoms with van der Waals surface area (Å²) in [5.74, 6) is -0.915. The Morgan fingerprint density at radius 1 is 0.893 bits per heavy atom. The molecular weight excluding hydrogens is 346 g/mol. The molecule has 1 aliphatic rings. The van der Waals surface area contributed by atoms with Crippen LogP contribution in [-0.4, -0.2) is 15.6 Å². The van der Waals surface area contributed by atoms with Crippen molar-refractivity contribution >= 4 is 33.2 Å². The number of aromatic nitrogens is 1. The van der Waals surface area contributed by atoms with E-state index in [1.54, 1.807) is 12.1 Å². The molecule has 0 atom stereocenters. The maximum absolute atomic E-state index is 11.6. The van der Waals surface area contributed by atoms with Crippen LogP contribution in [0.2, 0.25) is 0 Å². The standard InChI is InChI=1S/C25H19NO2/c27-25(28)20-10-6-11-21(15-20)26-23(18-8-2-1-3-9-18)16-19-14-13-17-7-4-5-12-22(17)24(19)26/h2,4-16H,1,3H2,(H,27,28). The molecule has 1 heterocycles. The lowest BCUT2D eigenvalue weighted by molar-refractivity contribution is 0.0697. The van der Waals surface area contributed by atoms with Crippen molar-refractivity contribution in [2.45, 2.75) is 12.8 Å². The molecule has 0 fully saturated rings. The molecule has 3 aromatic carbocycles. The van der Waals surface area contributed by atoms with Gasteiger partial charge < -0.3 is 9.67 Å². The normalized spacial score (nSPS) is 13.8. The van der Waals surface area contributed by atoms with Gasteiger partial charge in [-0.1, -0.05) is 60.7 Å². The number of benzene rings is 3. The number of nitrogens with zero attached hydrogens (tertiary/aromatic N) is 1. The fourth-order valence-electron chi connectivity index (χ4n) is 4.03. The molecule has 0 saturated heterocycles. The van der Waals surface area contributed by atoms with Crippen molar-refractivity contribution in [3.8, 4) is 5.69 Å². The van der Waals surface area contributed by atoms with Crippen molar-refractivity contribution < 1.29 is 9.90 Å². The van der Waals surface area contributed by atoms with Crippen molar-refractivity contribution in [3.63, 3.8) is 0 Å². The summed E-state index contributed by atoms with van der Waals surface area (Å²) in [6.07, 6.45) is 8.69. The van der Waals surface area contributed by atoms with E-state index in [0.29, 0.717) is 5.56 Å². The zero-order valence-electron chi connectivity index (χ0n) is 15.3. The molecule has 4 aromatic rings. The quantitative estimate of drug-likeness (QED) is 0.468. The number of fused-ring (bicyclic) bond motifs is 3. The molecule has 136 valence electrons. The maximum atomic E-state index is 11.6. The van der Waals surface area contributed by atoms with E-state index in [9.17, 15) is 9.90 Å². The Labute approximate surface area is 162 Å². The Morgan fingerprint density at radius 3 is 2.57 bits per heavy atom. The zero-order chi connectivity index (χ0) is 19.1. The molecule has 5 rings (SSSR count). The van der Waals surface area contributed by atoms with E-state index in [1.165, 1.54) is 11.0 Å². The van der Waals surface area contributed by atoms with E-state index in [1.807, 2.05) is 24.3 Å².